The van der Waals surface area contributed by atoms with Crippen molar-refractivity contribution in [2.45, 2.75) is 26.8 Å². The Bertz CT molecular complexity index is 407. The molecule has 6 nitrogen and oxygen atoms in total. The third kappa shape index (κ3) is 2.75. The average Bonchev–Trinajstić information content (AvgIpc) is 2.62. The number of hydrogen-bond acceptors (Lipinski definition) is 5. The number of amides is 1. The smallest absolute Gasteiger partial charge is 0.352 e. The summed E-state index contributed by atoms with van der Waals surface area (Å²) in [5, 5.41) is 14.2. The summed E-state index contributed by atoms with van der Waals surface area (Å²) in [5.74, 6) is -0.779. The lowest BCUT2D eigenvalue weighted by atomic mass is 10.1. The Morgan fingerprint density at radius 2 is 2.24 bits per heavy atom. The Balaban J connectivity index is 2.95. The molecule has 0 bridgehead atoms. The molecule has 6 heteroatoms. The first-order valence-corrected chi connectivity index (χ1v) is 5.40. The number of ether oxygens (including phenoxy) is 1. The van der Waals surface area contributed by atoms with Crippen LogP contribution < -0.4 is 10.6 Å². The molecule has 1 rings (SSSR count). The topological polar surface area (TPSA) is 91.2 Å². The van der Waals surface area contributed by atoms with Crippen LogP contribution in [0, 0.1) is 17.2 Å². The van der Waals surface area contributed by atoms with E-state index in [1.165, 1.54) is 0 Å². The lowest BCUT2D eigenvalue weighted by Crippen LogP contribution is -2.33. The molecule has 0 aromatic heterocycles. The normalized spacial score (nSPS) is 21.6. The van der Waals surface area contributed by atoms with Crippen LogP contribution >= 0.6 is 0 Å². The fourth-order valence-corrected chi connectivity index (χ4v) is 1.47. The highest BCUT2D eigenvalue weighted by Crippen LogP contribution is 2.13. The van der Waals surface area contributed by atoms with Crippen molar-refractivity contribution in [3.63, 3.8) is 0 Å². The van der Waals surface area contributed by atoms with E-state index in [0.717, 1.165) is 0 Å². The first kappa shape index (κ1) is 13.0. The van der Waals surface area contributed by atoms with Crippen LogP contribution in [0.4, 0.5) is 0 Å². The number of nitrogens with one attached hydrogen (secondary N) is 2. The minimum atomic E-state index is -0.734. The van der Waals surface area contributed by atoms with Crippen LogP contribution in [0.1, 0.15) is 20.8 Å². The summed E-state index contributed by atoms with van der Waals surface area (Å²) in [6.45, 7) is 5.57. The number of rotatable bonds is 3. The number of hydrogen-bond donors (Lipinski definition) is 2. The molecule has 17 heavy (non-hydrogen) atoms. The number of esters is 1. The van der Waals surface area contributed by atoms with Crippen molar-refractivity contribution in [2.75, 3.05) is 6.61 Å². The summed E-state index contributed by atoms with van der Waals surface area (Å²) in [6, 6.07) is 1.31. The highest BCUT2D eigenvalue weighted by atomic mass is 16.5. The molecule has 1 fully saturated rings. The Kier molecular flexibility index (Phi) is 4.10. The van der Waals surface area contributed by atoms with Crippen LogP contribution in [0.5, 0.6) is 0 Å². The molecule has 0 radical (unpaired) electrons. The number of nitrogens with zero attached hydrogens (tertiary/aromatic N) is 1. The second kappa shape index (κ2) is 5.34. The molecule has 1 heterocycles. The zero-order valence-corrected chi connectivity index (χ0v) is 10.0. The molecule has 1 unspecified atom stereocenters. The van der Waals surface area contributed by atoms with Crippen molar-refractivity contribution in [1.29, 1.82) is 5.26 Å². The summed E-state index contributed by atoms with van der Waals surface area (Å²) in [6.07, 6.45) is 0. The van der Waals surface area contributed by atoms with Crippen LogP contribution in [0.15, 0.2) is 11.4 Å². The van der Waals surface area contributed by atoms with Gasteiger partial charge in [0.1, 0.15) is 17.9 Å². The average molecular weight is 237 g/mol. The predicted molar refractivity (Wildman–Crippen MR) is 59.2 cm³/mol. The second-order valence-electron chi connectivity index (χ2n) is 3.94. The maximum Gasteiger partial charge on any atom is 0.352 e. The van der Waals surface area contributed by atoms with E-state index in [1.807, 2.05) is 13.8 Å². The molecule has 1 atom stereocenters. The molecule has 92 valence electrons. The minimum absolute atomic E-state index is 0.0645. The maximum atomic E-state index is 11.6. The molecular weight excluding hydrogens is 222 g/mol. The third-order valence-corrected chi connectivity index (χ3v) is 2.34. The van der Waals surface area contributed by atoms with Crippen molar-refractivity contribution in [2.24, 2.45) is 5.92 Å². The lowest BCUT2D eigenvalue weighted by molar-refractivity contribution is -0.138. The van der Waals surface area contributed by atoms with Crippen LogP contribution in [-0.2, 0) is 14.3 Å². The van der Waals surface area contributed by atoms with E-state index in [2.05, 4.69) is 10.6 Å². The van der Waals surface area contributed by atoms with Crippen molar-refractivity contribution in [3.8, 4) is 6.07 Å². The van der Waals surface area contributed by atoms with Gasteiger partial charge in [0.05, 0.1) is 6.61 Å². The Morgan fingerprint density at radius 1 is 1.59 bits per heavy atom. The van der Waals surface area contributed by atoms with E-state index < -0.39 is 12.0 Å². The molecule has 1 saturated heterocycles. The molecule has 1 amide bonds. The molecule has 0 spiro atoms. The molecular formula is C11H15N3O3. The van der Waals surface area contributed by atoms with E-state index >= 15 is 0 Å². The van der Waals surface area contributed by atoms with E-state index in [4.69, 9.17) is 10.00 Å². The highest BCUT2D eigenvalue weighted by molar-refractivity contribution is 5.96. The molecule has 0 saturated carbocycles. The van der Waals surface area contributed by atoms with Gasteiger partial charge in [-0.3, -0.25) is 4.79 Å². The zero-order valence-electron chi connectivity index (χ0n) is 10.0. The van der Waals surface area contributed by atoms with Crippen LogP contribution in [0.3, 0.4) is 0 Å². The first-order valence-electron chi connectivity index (χ1n) is 5.40. The maximum absolute atomic E-state index is 11.6. The van der Waals surface area contributed by atoms with Gasteiger partial charge in [0.25, 0.3) is 0 Å². The van der Waals surface area contributed by atoms with Crippen molar-refractivity contribution < 1.29 is 14.3 Å². The quantitative estimate of drug-likeness (QED) is 0.410. The van der Waals surface area contributed by atoms with E-state index in [9.17, 15) is 9.59 Å². The summed E-state index contributed by atoms with van der Waals surface area (Å²) >= 11 is 0. The standard InChI is InChI=1S/C11H15N3O3/c1-4-17-11(16)7(5-12)9-13-8(6(2)3)10(15)14-9/h6,8,13H,4H2,1-3H3,(H,14,15)/b9-7-. The third-order valence-electron chi connectivity index (χ3n) is 2.34. The summed E-state index contributed by atoms with van der Waals surface area (Å²) in [5.41, 5.74) is -0.205. The van der Waals surface area contributed by atoms with Crippen LogP contribution in [0.25, 0.3) is 0 Å². The van der Waals surface area contributed by atoms with E-state index in [-0.39, 0.29) is 29.8 Å². The second-order valence-corrected chi connectivity index (χ2v) is 3.94. The number of carbonyl (C=O) groups excluding carboxylic acids is 2. The molecule has 2 N–H and O–H groups in total. The SMILES string of the molecule is CCOC(=O)/C(C#N)=C1\NC(=O)C(C(C)C)N1. The van der Waals surface area contributed by atoms with Gasteiger partial charge in [0, 0.05) is 0 Å². The lowest BCUT2D eigenvalue weighted by Gasteiger charge is -2.11. The highest BCUT2D eigenvalue weighted by Gasteiger charge is 2.33. The molecule has 1 aliphatic heterocycles. The van der Waals surface area contributed by atoms with Gasteiger partial charge >= 0.3 is 5.97 Å². The number of carbonyl (C=O) groups is 2. The Morgan fingerprint density at radius 3 is 2.65 bits per heavy atom. The van der Waals surface area contributed by atoms with Gasteiger partial charge in [-0.15, -0.1) is 0 Å². The van der Waals surface area contributed by atoms with Gasteiger partial charge < -0.3 is 15.4 Å². The first-order chi connectivity index (χ1) is 8.01. The fraction of sp³-hybridized carbons (Fsp3) is 0.545. The number of nitriles is 1. The van der Waals surface area contributed by atoms with Gasteiger partial charge in [0.15, 0.2) is 5.57 Å². The van der Waals surface area contributed by atoms with Gasteiger partial charge in [-0.2, -0.15) is 5.26 Å². The molecule has 1 aliphatic rings. The summed E-state index contributed by atoms with van der Waals surface area (Å²) in [7, 11) is 0. The van der Waals surface area contributed by atoms with E-state index in [1.54, 1.807) is 13.0 Å². The van der Waals surface area contributed by atoms with Gasteiger partial charge in [-0.25, -0.2) is 4.79 Å². The largest absolute Gasteiger partial charge is 0.462 e. The molecule has 0 aliphatic carbocycles. The van der Waals surface area contributed by atoms with Crippen LogP contribution in [0.2, 0.25) is 0 Å². The van der Waals surface area contributed by atoms with Crippen molar-refractivity contribution >= 4 is 11.9 Å². The predicted octanol–water partition coefficient (Wildman–Crippen LogP) is 0.0287. The van der Waals surface area contributed by atoms with Gasteiger partial charge in [-0.05, 0) is 12.8 Å². The van der Waals surface area contributed by atoms with E-state index in [0.29, 0.717) is 0 Å². The Hall–Kier alpha value is -2.03. The summed E-state index contributed by atoms with van der Waals surface area (Å²) in [4.78, 5) is 23.0. The molecule has 0 aromatic rings. The molecule has 0 aromatic carbocycles. The minimum Gasteiger partial charge on any atom is -0.462 e. The van der Waals surface area contributed by atoms with Crippen molar-refractivity contribution in [1.82, 2.24) is 10.6 Å². The monoisotopic (exact) mass is 237 g/mol. The van der Waals surface area contributed by atoms with Crippen LogP contribution in [-0.4, -0.2) is 24.5 Å². The van der Waals surface area contributed by atoms with Gasteiger partial charge in [0.2, 0.25) is 5.91 Å². The van der Waals surface area contributed by atoms with Gasteiger partial charge in [-0.1, -0.05) is 13.8 Å². The Labute approximate surface area is 99.6 Å². The fourth-order valence-electron chi connectivity index (χ4n) is 1.47. The summed E-state index contributed by atoms with van der Waals surface area (Å²) < 4.78 is 4.73. The zero-order chi connectivity index (χ0) is 13.0. The van der Waals surface area contributed by atoms with Crippen molar-refractivity contribution in [3.05, 3.63) is 11.4 Å².